The number of carbonyl (C=O) groups excluding carboxylic acids is 1. The number of amides is 1. The Hall–Kier alpha value is -1.35. The second kappa shape index (κ2) is 4.94. The van der Waals surface area contributed by atoms with Crippen molar-refractivity contribution < 1.29 is 4.79 Å². The van der Waals surface area contributed by atoms with Crippen LogP contribution >= 0.6 is 0 Å². The average molecular weight is 206 g/mol. The van der Waals surface area contributed by atoms with Crippen LogP contribution in [0, 0.1) is 0 Å². The topological polar surface area (TPSA) is 55.1 Å². The van der Waals surface area contributed by atoms with E-state index in [1.54, 1.807) is 0 Å². The lowest BCUT2D eigenvalue weighted by atomic mass is 10.00. The van der Waals surface area contributed by atoms with Crippen LogP contribution in [-0.2, 0) is 11.3 Å². The molecule has 0 aliphatic heterocycles. The van der Waals surface area contributed by atoms with Crippen LogP contribution in [0.3, 0.4) is 0 Å². The largest absolute Gasteiger partial charge is 0.370 e. The third-order valence-corrected chi connectivity index (χ3v) is 2.23. The number of benzene rings is 1. The van der Waals surface area contributed by atoms with Crippen LogP contribution in [0.25, 0.3) is 0 Å². The molecule has 0 aliphatic rings. The molecule has 0 saturated heterocycles. The monoisotopic (exact) mass is 206 g/mol. The summed E-state index contributed by atoms with van der Waals surface area (Å²) < 4.78 is 0. The van der Waals surface area contributed by atoms with Gasteiger partial charge in [0.2, 0.25) is 5.91 Å². The Morgan fingerprint density at radius 2 is 1.93 bits per heavy atom. The fourth-order valence-corrected chi connectivity index (χ4v) is 1.44. The second-order valence-electron chi connectivity index (χ2n) is 4.37. The highest BCUT2D eigenvalue weighted by molar-refractivity contribution is 5.74. The standard InChI is InChI=1S/C12H18N2O/c1-12(2,8-11(13)15)14-9-10-6-4-3-5-7-10/h3-7,14H,8-9H2,1-2H3,(H2,13,15). The van der Waals surface area contributed by atoms with Crippen molar-refractivity contribution >= 4 is 5.91 Å². The van der Waals surface area contributed by atoms with Crippen molar-refractivity contribution in [1.82, 2.24) is 5.32 Å². The van der Waals surface area contributed by atoms with Gasteiger partial charge in [-0.2, -0.15) is 0 Å². The number of hydrogen-bond acceptors (Lipinski definition) is 2. The van der Waals surface area contributed by atoms with Gasteiger partial charge in [0, 0.05) is 18.5 Å². The Morgan fingerprint density at radius 3 is 2.47 bits per heavy atom. The Balaban J connectivity index is 2.46. The fourth-order valence-electron chi connectivity index (χ4n) is 1.44. The van der Waals surface area contributed by atoms with Gasteiger partial charge in [0.05, 0.1) is 0 Å². The molecule has 0 aliphatic carbocycles. The summed E-state index contributed by atoms with van der Waals surface area (Å²) in [5, 5.41) is 3.31. The molecule has 1 amide bonds. The Bertz CT molecular complexity index is 320. The van der Waals surface area contributed by atoms with E-state index in [0.29, 0.717) is 6.42 Å². The van der Waals surface area contributed by atoms with E-state index >= 15 is 0 Å². The van der Waals surface area contributed by atoms with Gasteiger partial charge in [0.25, 0.3) is 0 Å². The number of nitrogens with one attached hydrogen (secondary N) is 1. The predicted molar refractivity (Wildman–Crippen MR) is 61.2 cm³/mol. The van der Waals surface area contributed by atoms with E-state index in [-0.39, 0.29) is 11.4 Å². The molecule has 0 radical (unpaired) electrons. The Morgan fingerprint density at radius 1 is 1.33 bits per heavy atom. The minimum absolute atomic E-state index is 0.248. The zero-order valence-electron chi connectivity index (χ0n) is 9.29. The zero-order chi connectivity index (χ0) is 11.3. The van der Waals surface area contributed by atoms with Gasteiger partial charge in [-0.15, -0.1) is 0 Å². The molecule has 0 unspecified atom stereocenters. The van der Waals surface area contributed by atoms with Gasteiger partial charge in [-0.1, -0.05) is 30.3 Å². The van der Waals surface area contributed by atoms with Crippen molar-refractivity contribution in [3.05, 3.63) is 35.9 Å². The minimum atomic E-state index is -0.277. The highest BCUT2D eigenvalue weighted by Crippen LogP contribution is 2.09. The lowest BCUT2D eigenvalue weighted by molar-refractivity contribution is -0.119. The highest BCUT2D eigenvalue weighted by Gasteiger charge is 2.19. The molecule has 82 valence electrons. The van der Waals surface area contributed by atoms with E-state index in [1.165, 1.54) is 5.56 Å². The lowest BCUT2D eigenvalue weighted by Gasteiger charge is -2.24. The summed E-state index contributed by atoms with van der Waals surface area (Å²) in [7, 11) is 0. The summed E-state index contributed by atoms with van der Waals surface area (Å²) in [6, 6.07) is 10.1. The van der Waals surface area contributed by atoms with Crippen LogP contribution in [0.5, 0.6) is 0 Å². The SMILES string of the molecule is CC(C)(CC(N)=O)NCc1ccccc1. The van der Waals surface area contributed by atoms with Crippen LogP contribution in [-0.4, -0.2) is 11.4 Å². The van der Waals surface area contributed by atoms with Crippen molar-refractivity contribution in [3.63, 3.8) is 0 Å². The summed E-state index contributed by atoms with van der Waals surface area (Å²) in [6.45, 7) is 4.70. The molecule has 0 fully saturated rings. The van der Waals surface area contributed by atoms with Gasteiger partial charge in [-0.3, -0.25) is 4.79 Å². The number of hydrogen-bond donors (Lipinski definition) is 2. The maximum Gasteiger partial charge on any atom is 0.219 e. The first kappa shape index (κ1) is 11.7. The number of carbonyl (C=O) groups is 1. The Kier molecular flexibility index (Phi) is 3.86. The van der Waals surface area contributed by atoms with Gasteiger partial charge in [0.15, 0.2) is 0 Å². The molecule has 0 atom stereocenters. The van der Waals surface area contributed by atoms with Crippen LogP contribution in [0.1, 0.15) is 25.8 Å². The molecule has 0 saturated carbocycles. The zero-order valence-corrected chi connectivity index (χ0v) is 9.29. The maximum absolute atomic E-state index is 10.8. The molecule has 1 aromatic rings. The van der Waals surface area contributed by atoms with E-state index < -0.39 is 0 Å². The smallest absolute Gasteiger partial charge is 0.219 e. The van der Waals surface area contributed by atoms with Crippen molar-refractivity contribution in [2.24, 2.45) is 5.73 Å². The fraction of sp³-hybridized carbons (Fsp3) is 0.417. The average Bonchev–Trinajstić information content (AvgIpc) is 2.15. The molecular weight excluding hydrogens is 188 g/mol. The van der Waals surface area contributed by atoms with Gasteiger partial charge < -0.3 is 11.1 Å². The van der Waals surface area contributed by atoms with Gasteiger partial charge in [-0.25, -0.2) is 0 Å². The molecule has 0 heterocycles. The second-order valence-corrected chi connectivity index (χ2v) is 4.37. The normalized spacial score (nSPS) is 11.3. The molecule has 3 heteroatoms. The molecule has 15 heavy (non-hydrogen) atoms. The quantitative estimate of drug-likeness (QED) is 0.765. The van der Waals surface area contributed by atoms with Crippen LogP contribution in [0.2, 0.25) is 0 Å². The molecule has 3 N–H and O–H groups in total. The molecule has 1 rings (SSSR count). The summed E-state index contributed by atoms with van der Waals surface area (Å²) in [5.41, 5.74) is 6.12. The van der Waals surface area contributed by atoms with Crippen LogP contribution < -0.4 is 11.1 Å². The van der Waals surface area contributed by atoms with Crippen molar-refractivity contribution in [3.8, 4) is 0 Å². The lowest BCUT2D eigenvalue weighted by Crippen LogP contribution is -2.42. The van der Waals surface area contributed by atoms with Crippen LogP contribution in [0.4, 0.5) is 0 Å². The number of rotatable bonds is 5. The number of primary amides is 1. The van der Waals surface area contributed by atoms with E-state index in [2.05, 4.69) is 5.32 Å². The Labute approximate surface area is 90.7 Å². The summed E-state index contributed by atoms with van der Waals surface area (Å²) in [5.74, 6) is -0.277. The third kappa shape index (κ3) is 4.61. The van der Waals surface area contributed by atoms with E-state index in [1.807, 2.05) is 44.2 Å². The first-order chi connectivity index (χ1) is 6.99. The molecule has 0 spiro atoms. The minimum Gasteiger partial charge on any atom is -0.370 e. The predicted octanol–water partition coefficient (Wildman–Crippen LogP) is 1.43. The van der Waals surface area contributed by atoms with Gasteiger partial charge in [-0.05, 0) is 19.4 Å². The summed E-state index contributed by atoms with van der Waals surface area (Å²) >= 11 is 0. The molecule has 3 nitrogen and oxygen atoms in total. The summed E-state index contributed by atoms with van der Waals surface area (Å²) in [4.78, 5) is 10.8. The number of nitrogens with two attached hydrogens (primary N) is 1. The van der Waals surface area contributed by atoms with Crippen molar-refractivity contribution in [2.75, 3.05) is 0 Å². The molecule has 1 aromatic carbocycles. The first-order valence-corrected chi connectivity index (χ1v) is 5.07. The highest BCUT2D eigenvalue weighted by atomic mass is 16.1. The molecule has 0 aromatic heterocycles. The molecule has 0 bridgehead atoms. The maximum atomic E-state index is 10.8. The van der Waals surface area contributed by atoms with E-state index in [0.717, 1.165) is 6.54 Å². The first-order valence-electron chi connectivity index (χ1n) is 5.07. The van der Waals surface area contributed by atoms with Crippen LogP contribution in [0.15, 0.2) is 30.3 Å². The van der Waals surface area contributed by atoms with Crippen molar-refractivity contribution in [1.29, 1.82) is 0 Å². The van der Waals surface area contributed by atoms with Gasteiger partial charge >= 0.3 is 0 Å². The third-order valence-electron chi connectivity index (χ3n) is 2.23. The molecular formula is C12H18N2O. The van der Waals surface area contributed by atoms with E-state index in [9.17, 15) is 4.79 Å². The summed E-state index contributed by atoms with van der Waals surface area (Å²) in [6.07, 6.45) is 0.347. The van der Waals surface area contributed by atoms with Crippen molar-refractivity contribution in [2.45, 2.75) is 32.4 Å². The van der Waals surface area contributed by atoms with Gasteiger partial charge in [0.1, 0.15) is 0 Å². The van der Waals surface area contributed by atoms with E-state index in [4.69, 9.17) is 5.73 Å².